The molecule has 0 atom stereocenters. The predicted molar refractivity (Wildman–Crippen MR) is 84.9 cm³/mol. The SMILES string of the molecule is CC(=O)N(C)CC(=O)Nc1ccc(Oc2cccc(F)c2)cc1. The molecule has 2 aromatic rings. The fraction of sp³-hybridized carbons (Fsp3) is 0.176. The van der Waals surface area contributed by atoms with E-state index < -0.39 is 0 Å². The summed E-state index contributed by atoms with van der Waals surface area (Å²) < 4.78 is 18.6. The van der Waals surface area contributed by atoms with E-state index in [1.165, 1.54) is 24.0 Å². The molecule has 0 saturated carbocycles. The van der Waals surface area contributed by atoms with E-state index in [0.29, 0.717) is 17.2 Å². The van der Waals surface area contributed by atoms with Crippen molar-refractivity contribution >= 4 is 17.5 Å². The van der Waals surface area contributed by atoms with Gasteiger partial charge in [0.25, 0.3) is 0 Å². The molecule has 0 fully saturated rings. The van der Waals surface area contributed by atoms with E-state index in [4.69, 9.17) is 4.74 Å². The summed E-state index contributed by atoms with van der Waals surface area (Å²) in [6, 6.07) is 12.5. The highest BCUT2D eigenvalue weighted by molar-refractivity contribution is 5.94. The third-order valence-electron chi connectivity index (χ3n) is 3.09. The molecule has 2 aromatic carbocycles. The monoisotopic (exact) mass is 316 g/mol. The first-order valence-electron chi connectivity index (χ1n) is 6.99. The Labute approximate surface area is 133 Å². The maximum Gasteiger partial charge on any atom is 0.243 e. The Hall–Kier alpha value is -2.89. The van der Waals surface area contributed by atoms with Gasteiger partial charge in [-0.1, -0.05) is 6.07 Å². The Morgan fingerprint density at radius 3 is 2.43 bits per heavy atom. The highest BCUT2D eigenvalue weighted by Gasteiger charge is 2.09. The number of likely N-dealkylation sites (N-methyl/N-ethyl adjacent to an activating group) is 1. The lowest BCUT2D eigenvalue weighted by Crippen LogP contribution is -2.33. The smallest absolute Gasteiger partial charge is 0.243 e. The second-order valence-corrected chi connectivity index (χ2v) is 5.01. The van der Waals surface area contributed by atoms with Crippen molar-refractivity contribution in [3.63, 3.8) is 0 Å². The molecular weight excluding hydrogens is 299 g/mol. The van der Waals surface area contributed by atoms with Gasteiger partial charge in [0.15, 0.2) is 0 Å². The maximum absolute atomic E-state index is 13.1. The molecular formula is C17H17FN2O3. The van der Waals surface area contributed by atoms with E-state index in [1.807, 2.05) is 0 Å². The Bertz CT molecular complexity index is 701. The minimum atomic E-state index is -0.374. The van der Waals surface area contributed by atoms with Crippen molar-refractivity contribution in [2.24, 2.45) is 0 Å². The van der Waals surface area contributed by atoms with Crippen molar-refractivity contribution in [3.05, 3.63) is 54.3 Å². The number of amides is 2. The number of nitrogens with one attached hydrogen (secondary N) is 1. The summed E-state index contributed by atoms with van der Waals surface area (Å²) in [5.74, 6) is 0.0702. The average Bonchev–Trinajstić information content (AvgIpc) is 2.49. The van der Waals surface area contributed by atoms with E-state index in [-0.39, 0.29) is 24.2 Å². The van der Waals surface area contributed by atoms with Gasteiger partial charge in [0, 0.05) is 25.7 Å². The summed E-state index contributed by atoms with van der Waals surface area (Å²) in [7, 11) is 1.55. The lowest BCUT2D eigenvalue weighted by atomic mass is 10.3. The van der Waals surface area contributed by atoms with Gasteiger partial charge in [-0.2, -0.15) is 0 Å². The van der Waals surface area contributed by atoms with Gasteiger partial charge >= 0.3 is 0 Å². The van der Waals surface area contributed by atoms with Gasteiger partial charge in [-0.3, -0.25) is 9.59 Å². The van der Waals surface area contributed by atoms with E-state index in [1.54, 1.807) is 43.4 Å². The zero-order chi connectivity index (χ0) is 16.8. The van der Waals surface area contributed by atoms with E-state index in [2.05, 4.69) is 5.32 Å². The number of carbonyl (C=O) groups excluding carboxylic acids is 2. The van der Waals surface area contributed by atoms with Crippen LogP contribution in [-0.4, -0.2) is 30.3 Å². The van der Waals surface area contributed by atoms with Crippen LogP contribution >= 0.6 is 0 Å². The van der Waals surface area contributed by atoms with Crippen LogP contribution in [0.1, 0.15) is 6.92 Å². The summed E-state index contributed by atoms with van der Waals surface area (Å²) in [5.41, 5.74) is 0.582. The molecule has 5 nitrogen and oxygen atoms in total. The average molecular weight is 316 g/mol. The molecule has 6 heteroatoms. The van der Waals surface area contributed by atoms with Crippen molar-refractivity contribution < 1.29 is 18.7 Å². The van der Waals surface area contributed by atoms with Crippen LogP contribution in [0.15, 0.2) is 48.5 Å². The topological polar surface area (TPSA) is 58.6 Å². The normalized spacial score (nSPS) is 10.0. The Kier molecular flexibility index (Phi) is 5.30. The van der Waals surface area contributed by atoms with Crippen LogP contribution in [0.4, 0.5) is 10.1 Å². The number of carbonyl (C=O) groups is 2. The van der Waals surface area contributed by atoms with Gasteiger partial charge in [-0.15, -0.1) is 0 Å². The molecule has 2 amide bonds. The van der Waals surface area contributed by atoms with Gasteiger partial charge in [-0.25, -0.2) is 4.39 Å². The first kappa shape index (κ1) is 16.5. The lowest BCUT2D eigenvalue weighted by molar-refractivity contribution is -0.131. The molecule has 0 spiro atoms. The first-order valence-corrected chi connectivity index (χ1v) is 6.99. The van der Waals surface area contributed by atoms with E-state index in [9.17, 15) is 14.0 Å². The predicted octanol–water partition coefficient (Wildman–Crippen LogP) is 3.03. The van der Waals surface area contributed by atoms with Crippen LogP contribution in [0.3, 0.4) is 0 Å². The summed E-state index contributed by atoms with van der Waals surface area (Å²) >= 11 is 0. The number of hydrogen-bond donors (Lipinski definition) is 1. The fourth-order valence-corrected chi connectivity index (χ4v) is 1.80. The molecule has 0 aliphatic carbocycles. The molecule has 0 saturated heterocycles. The minimum Gasteiger partial charge on any atom is -0.457 e. The van der Waals surface area contributed by atoms with Gasteiger partial charge in [-0.05, 0) is 36.4 Å². The molecule has 0 aliphatic heterocycles. The van der Waals surface area contributed by atoms with Gasteiger partial charge < -0.3 is 15.0 Å². The number of nitrogens with zero attached hydrogens (tertiary/aromatic N) is 1. The highest BCUT2D eigenvalue weighted by Crippen LogP contribution is 2.23. The van der Waals surface area contributed by atoms with E-state index in [0.717, 1.165) is 0 Å². The molecule has 23 heavy (non-hydrogen) atoms. The third-order valence-corrected chi connectivity index (χ3v) is 3.09. The number of halogens is 1. The zero-order valence-corrected chi connectivity index (χ0v) is 12.9. The molecule has 0 radical (unpaired) electrons. The van der Waals surface area contributed by atoms with Crippen molar-refractivity contribution in [1.29, 1.82) is 0 Å². The number of hydrogen-bond acceptors (Lipinski definition) is 3. The van der Waals surface area contributed by atoms with Crippen molar-refractivity contribution in [3.8, 4) is 11.5 Å². The van der Waals surface area contributed by atoms with Crippen LogP contribution in [-0.2, 0) is 9.59 Å². The van der Waals surface area contributed by atoms with Gasteiger partial charge in [0.1, 0.15) is 17.3 Å². The first-order chi connectivity index (χ1) is 10.9. The number of rotatable bonds is 5. The molecule has 2 rings (SSSR count). The number of ether oxygens (including phenoxy) is 1. The van der Waals surface area contributed by atoms with Gasteiger partial charge in [0.2, 0.25) is 11.8 Å². The Morgan fingerprint density at radius 2 is 1.83 bits per heavy atom. The largest absolute Gasteiger partial charge is 0.457 e. The molecule has 1 N–H and O–H groups in total. The van der Waals surface area contributed by atoms with Crippen LogP contribution in [0.2, 0.25) is 0 Å². The van der Waals surface area contributed by atoms with Gasteiger partial charge in [0.05, 0.1) is 6.54 Å². The molecule has 0 aliphatic rings. The van der Waals surface area contributed by atoms with Crippen LogP contribution in [0.25, 0.3) is 0 Å². The summed E-state index contributed by atoms with van der Waals surface area (Å²) in [6.07, 6.45) is 0. The minimum absolute atomic E-state index is 0.0170. The maximum atomic E-state index is 13.1. The van der Waals surface area contributed by atoms with Crippen molar-refractivity contribution in [2.45, 2.75) is 6.92 Å². The molecule has 120 valence electrons. The number of anilines is 1. The standard InChI is InChI=1S/C17H17FN2O3/c1-12(21)20(2)11-17(22)19-14-6-8-15(9-7-14)23-16-5-3-4-13(18)10-16/h3-10H,11H2,1-2H3,(H,19,22). The summed E-state index contributed by atoms with van der Waals surface area (Å²) in [4.78, 5) is 24.2. The fourth-order valence-electron chi connectivity index (χ4n) is 1.80. The van der Waals surface area contributed by atoms with Crippen LogP contribution in [0, 0.1) is 5.82 Å². The second-order valence-electron chi connectivity index (χ2n) is 5.01. The molecule has 0 aromatic heterocycles. The van der Waals surface area contributed by atoms with Crippen LogP contribution < -0.4 is 10.1 Å². The Morgan fingerprint density at radius 1 is 1.13 bits per heavy atom. The second kappa shape index (κ2) is 7.40. The summed E-state index contributed by atoms with van der Waals surface area (Å²) in [5, 5.41) is 2.68. The quantitative estimate of drug-likeness (QED) is 0.922. The Balaban J connectivity index is 1.94. The molecule has 0 heterocycles. The zero-order valence-electron chi connectivity index (χ0n) is 12.9. The van der Waals surface area contributed by atoms with Crippen molar-refractivity contribution in [2.75, 3.05) is 18.9 Å². The molecule has 0 bridgehead atoms. The van der Waals surface area contributed by atoms with E-state index >= 15 is 0 Å². The summed E-state index contributed by atoms with van der Waals surface area (Å²) in [6.45, 7) is 1.38. The molecule has 0 unspecified atom stereocenters. The highest BCUT2D eigenvalue weighted by atomic mass is 19.1. The van der Waals surface area contributed by atoms with Crippen molar-refractivity contribution in [1.82, 2.24) is 4.90 Å². The number of benzene rings is 2. The third kappa shape index (κ3) is 5.10. The lowest BCUT2D eigenvalue weighted by Gasteiger charge is -2.14. The van der Waals surface area contributed by atoms with Crippen LogP contribution in [0.5, 0.6) is 11.5 Å².